The lowest BCUT2D eigenvalue weighted by Crippen LogP contribution is -2.05. The number of hydrogen-bond donors (Lipinski definition) is 1. The van der Waals surface area contributed by atoms with Crippen molar-refractivity contribution in [3.8, 4) is 11.3 Å². The minimum absolute atomic E-state index is 0.236. The number of unbranched alkanes of at least 4 members (excludes halogenated alkanes) is 1. The molecule has 0 saturated heterocycles. The number of nitrogen functional groups attached to an aromatic ring is 1. The highest BCUT2D eigenvalue weighted by atomic mass is 19.1. The Bertz CT molecular complexity index is 859. The van der Waals surface area contributed by atoms with E-state index in [1.54, 1.807) is 12.1 Å². The summed E-state index contributed by atoms with van der Waals surface area (Å²) in [6.07, 6.45) is 2.94. The largest absolute Gasteiger partial charge is 0.395 e. The van der Waals surface area contributed by atoms with Gasteiger partial charge in [-0.05, 0) is 30.9 Å². The number of anilines is 1. The zero-order valence-electron chi connectivity index (χ0n) is 13.4. The van der Waals surface area contributed by atoms with Crippen LogP contribution in [0.25, 0.3) is 22.0 Å². The van der Waals surface area contributed by atoms with Gasteiger partial charge in [-0.25, -0.2) is 14.4 Å². The van der Waals surface area contributed by atoms with Crippen LogP contribution in [0.2, 0.25) is 0 Å². The quantitative estimate of drug-likeness (QED) is 0.762. The van der Waals surface area contributed by atoms with E-state index >= 15 is 0 Å². The van der Waals surface area contributed by atoms with E-state index in [4.69, 9.17) is 5.73 Å². The van der Waals surface area contributed by atoms with Crippen molar-refractivity contribution in [2.45, 2.75) is 33.1 Å². The van der Waals surface area contributed by atoms with Crippen LogP contribution < -0.4 is 5.73 Å². The summed E-state index contributed by atoms with van der Waals surface area (Å²) in [6.45, 7) is 4.03. The summed E-state index contributed by atoms with van der Waals surface area (Å²) < 4.78 is 14.0. The Morgan fingerprint density at radius 2 is 1.78 bits per heavy atom. The Morgan fingerprint density at radius 3 is 2.52 bits per heavy atom. The van der Waals surface area contributed by atoms with Crippen LogP contribution in [0, 0.1) is 12.7 Å². The third-order valence-corrected chi connectivity index (χ3v) is 4.06. The fourth-order valence-corrected chi connectivity index (χ4v) is 2.76. The van der Waals surface area contributed by atoms with Crippen molar-refractivity contribution >= 4 is 16.5 Å². The van der Waals surface area contributed by atoms with Crippen molar-refractivity contribution in [1.82, 2.24) is 9.97 Å². The Kier molecular flexibility index (Phi) is 4.24. The van der Waals surface area contributed by atoms with Crippen LogP contribution in [-0.2, 0) is 6.42 Å². The molecule has 0 aliphatic carbocycles. The first-order valence-electron chi connectivity index (χ1n) is 7.92. The molecule has 0 aliphatic rings. The highest BCUT2D eigenvalue weighted by molar-refractivity contribution is 5.98. The highest BCUT2D eigenvalue weighted by Crippen LogP contribution is 2.33. The molecular weight excluding hydrogens is 289 g/mol. The molecule has 0 spiro atoms. The van der Waals surface area contributed by atoms with Crippen LogP contribution >= 0.6 is 0 Å². The molecule has 0 fully saturated rings. The number of nitrogens with zero attached hydrogens (tertiary/aromatic N) is 2. The number of aryl methyl sites for hydroxylation is 2. The third kappa shape index (κ3) is 2.89. The van der Waals surface area contributed by atoms with Crippen LogP contribution in [0.1, 0.15) is 31.3 Å². The first kappa shape index (κ1) is 15.4. The molecule has 0 unspecified atom stereocenters. The van der Waals surface area contributed by atoms with E-state index in [0.29, 0.717) is 16.8 Å². The summed E-state index contributed by atoms with van der Waals surface area (Å²) in [5, 5.41) is 1.40. The van der Waals surface area contributed by atoms with Gasteiger partial charge in [0.05, 0.1) is 17.1 Å². The summed E-state index contributed by atoms with van der Waals surface area (Å²) in [7, 11) is 0. The zero-order valence-corrected chi connectivity index (χ0v) is 13.4. The molecule has 118 valence electrons. The van der Waals surface area contributed by atoms with Crippen LogP contribution in [0.3, 0.4) is 0 Å². The molecule has 0 aliphatic heterocycles. The van der Waals surface area contributed by atoms with Gasteiger partial charge in [-0.15, -0.1) is 0 Å². The Labute approximate surface area is 135 Å². The number of nitrogens with two attached hydrogens (primary N) is 1. The lowest BCUT2D eigenvalue weighted by molar-refractivity contribution is 0.640. The number of hydrogen-bond acceptors (Lipinski definition) is 3. The normalized spacial score (nSPS) is 11.1. The second-order valence-electron chi connectivity index (χ2n) is 5.73. The van der Waals surface area contributed by atoms with Gasteiger partial charge in [0.1, 0.15) is 11.6 Å². The standard InChI is InChI=1S/C19H20FN3/c1-3-4-9-17-22-12(2)18(21)19(23-17)15-10-11-16(20)14-8-6-5-7-13(14)15/h5-8,10-11H,3-4,9,21H2,1-2H3. The minimum Gasteiger partial charge on any atom is -0.395 e. The van der Waals surface area contributed by atoms with E-state index in [-0.39, 0.29) is 5.82 Å². The third-order valence-electron chi connectivity index (χ3n) is 4.06. The average Bonchev–Trinajstić information content (AvgIpc) is 2.57. The molecule has 23 heavy (non-hydrogen) atoms. The van der Waals surface area contributed by atoms with Crippen LogP contribution in [-0.4, -0.2) is 9.97 Å². The molecule has 0 saturated carbocycles. The van der Waals surface area contributed by atoms with Crippen LogP contribution in [0.15, 0.2) is 36.4 Å². The summed E-state index contributed by atoms with van der Waals surface area (Å²) in [4.78, 5) is 9.15. The van der Waals surface area contributed by atoms with E-state index < -0.39 is 0 Å². The molecule has 3 rings (SSSR count). The molecule has 0 bridgehead atoms. The fraction of sp³-hybridized carbons (Fsp3) is 0.263. The number of aromatic nitrogens is 2. The van der Waals surface area contributed by atoms with Gasteiger partial charge < -0.3 is 5.73 Å². The van der Waals surface area contributed by atoms with Gasteiger partial charge >= 0.3 is 0 Å². The van der Waals surface area contributed by atoms with Gasteiger partial charge in [-0.2, -0.15) is 0 Å². The predicted octanol–water partition coefficient (Wildman–Crippen LogP) is 4.67. The van der Waals surface area contributed by atoms with E-state index in [1.165, 1.54) is 6.07 Å². The highest BCUT2D eigenvalue weighted by Gasteiger charge is 2.14. The van der Waals surface area contributed by atoms with Crippen molar-refractivity contribution in [3.63, 3.8) is 0 Å². The molecule has 0 amide bonds. The topological polar surface area (TPSA) is 51.8 Å². The molecular formula is C19H20FN3. The van der Waals surface area contributed by atoms with Crippen molar-refractivity contribution < 1.29 is 4.39 Å². The van der Waals surface area contributed by atoms with E-state index in [2.05, 4.69) is 16.9 Å². The molecule has 2 aromatic carbocycles. The summed E-state index contributed by atoms with van der Waals surface area (Å²) >= 11 is 0. The van der Waals surface area contributed by atoms with Gasteiger partial charge in [-0.3, -0.25) is 0 Å². The van der Waals surface area contributed by atoms with E-state index in [0.717, 1.165) is 41.7 Å². The number of fused-ring (bicyclic) bond motifs is 1. The predicted molar refractivity (Wildman–Crippen MR) is 92.7 cm³/mol. The van der Waals surface area contributed by atoms with Crippen molar-refractivity contribution in [2.24, 2.45) is 0 Å². The van der Waals surface area contributed by atoms with Gasteiger partial charge in [0.15, 0.2) is 0 Å². The van der Waals surface area contributed by atoms with Crippen molar-refractivity contribution in [3.05, 3.63) is 53.7 Å². The Morgan fingerprint density at radius 1 is 1.04 bits per heavy atom. The zero-order chi connectivity index (χ0) is 16.4. The summed E-state index contributed by atoms with van der Waals surface area (Å²) in [6, 6.07) is 10.6. The number of halogens is 1. The summed E-state index contributed by atoms with van der Waals surface area (Å²) in [5.41, 5.74) is 9.10. The van der Waals surface area contributed by atoms with Crippen LogP contribution in [0.4, 0.5) is 10.1 Å². The molecule has 4 heteroatoms. The number of rotatable bonds is 4. The van der Waals surface area contributed by atoms with Gasteiger partial charge in [0.2, 0.25) is 0 Å². The smallest absolute Gasteiger partial charge is 0.131 e. The maximum absolute atomic E-state index is 14.0. The first-order chi connectivity index (χ1) is 11.1. The molecule has 0 radical (unpaired) electrons. The minimum atomic E-state index is -0.236. The van der Waals surface area contributed by atoms with Crippen molar-refractivity contribution in [2.75, 3.05) is 5.73 Å². The molecule has 1 heterocycles. The Hall–Kier alpha value is -2.49. The molecule has 2 N–H and O–H groups in total. The van der Waals surface area contributed by atoms with Gasteiger partial charge in [0.25, 0.3) is 0 Å². The van der Waals surface area contributed by atoms with E-state index in [9.17, 15) is 4.39 Å². The Balaban J connectivity index is 2.22. The lowest BCUT2D eigenvalue weighted by Gasteiger charge is -2.12. The molecule has 1 aromatic heterocycles. The lowest BCUT2D eigenvalue weighted by atomic mass is 10.00. The second-order valence-corrected chi connectivity index (χ2v) is 5.73. The number of benzene rings is 2. The monoisotopic (exact) mass is 309 g/mol. The molecule has 3 aromatic rings. The molecule has 0 atom stereocenters. The summed E-state index contributed by atoms with van der Waals surface area (Å²) in [5.74, 6) is 0.557. The second kappa shape index (κ2) is 6.32. The first-order valence-corrected chi connectivity index (χ1v) is 7.92. The van der Waals surface area contributed by atoms with Gasteiger partial charge in [0, 0.05) is 17.4 Å². The average molecular weight is 309 g/mol. The van der Waals surface area contributed by atoms with Gasteiger partial charge in [-0.1, -0.05) is 37.6 Å². The fourth-order valence-electron chi connectivity index (χ4n) is 2.76. The molecule has 3 nitrogen and oxygen atoms in total. The van der Waals surface area contributed by atoms with E-state index in [1.807, 2.05) is 25.1 Å². The maximum Gasteiger partial charge on any atom is 0.131 e. The maximum atomic E-state index is 14.0. The van der Waals surface area contributed by atoms with Crippen molar-refractivity contribution in [1.29, 1.82) is 0 Å². The SMILES string of the molecule is CCCCc1nc(C)c(N)c(-c2ccc(F)c3ccccc23)n1. The van der Waals surface area contributed by atoms with Crippen LogP contribution in [0.5, 0.6) is 0 Å².